The van der Waals surface area contributed by atoms with Crippen LogP contribution in [0.1, 0.15) is 52.2 Å². The molecule has 0 radical (unpaired) electrons. The molecule has 8 nitrogen and oxygen atoms in total. The number of nitrogens with zero attached hydrogens (tertiary/aromatic N) is 2. The lowest BCUT2D eigenvalue weighted by atomic mass is 9.31. The van der Waals surface area contributed by atoms with Crippen LogP contribution in [0.3, 0.4) is 0 Å². The minimum atomic E-state index is -0.360. The Kier molecular flexibility index (Phi) is 6.80. The van der Waals surface area contributed by atoms with Gasteiger partial charge in [-0.25, -0.2) is 4.68 Å². The molecule has 1 amide bonds. The van der Waals surface area contributed by atoms with E-state index in [0.717, 1.165) is 16.7 Å². The van der Waals surface area contributed by atoms with Crippen LogP contribution < -0.4 is 21.8 Å². The molecule has 2 fully saturated rings. The van der Waals surface area contributed by atoms with E-state index in [-0.39, 0.29) is 47.4 Å². The zero-order valence-electron chi connectivity index (χ0n) is 19.9. The topological polar surface area (TPSA) is 109 Å². The molecule has 0 bridgehead atoms. The number of aromatic amines is 1. The van der Waals surface area contributed by atoms with Gasteiger partial charge in [-0.15, -0.1) is 12.4 Å². The first-order valence-electron chi connectivity index (χ1n) is 11.4. The van der Waals surface area contributed by atoms with Crippen LogP contribution in [0.4, 0.5) is 5.69 Å². The quantitative estimate of drug-likeness (QED) is 0.570. The second kappa shape index (κ2) is 8.97. The van der Waals surface area contributed by atoms with E-state index in [1.54, 1.807) is 24.5 Å². The SMILES string of the molecule is CCc1c(N[C@@H]2C[C@H]3C(C)(C)[C@H](C)C23C)c(=O)[nH]n(CC(=O)NCc2ccncc2)c1=O.Cl. The maximum absolute atomic E-state index is 13.0. The van der Waals surface area contributed by atoms with Gasteiger partial charge in [0.05, 0.1) is 0 Å². The van der Waals surface area contributed by atoms with Crippen molar-refractivity contribution in [3.63, 3.8) is 0 Å². The summed E-state index contributed by atoms with van der Waals surface area (Å²) >= 11 is 0. The summed E-state index contributed by atoms with van der Waals surface area (Å²) in [6.45, 7) is 11.1. The number of amides is 1. The van der Waals surface area contributed by atoms with Crippen LogP contribution in [0.2, 0.25) is 0 Å². The number of rotatable bonds is 7. The molecule has 3 N–H and O–H groups in total. The van der Waals surface area contributed by atoms with E-state index >= 15 is 0 Å². The number of halogens is 1. The molecule has 2 aromatic rings. The molecule has 0 aromatic carbocycles. The number of aromatic nitrogens is 3. The minimum absolute atomic E-state index is 0. The zero-order valence-corrected chi connectivity index (χ0v) is 20.7. The molecule has 2 aromatic heterocycles. The van der Waals surface area contributed by atoms with E-state index in [1.165, 1.54) is 0 Å². The maximum atomic E-state index is 13.0. The molecule has 2 heterocycles. The predicted molar refractivity (Wildman–Crippen MR) is 131 cm³/mol. The van der Waals surface area contributed by atoms with Crippen molar-refractivity contribution in [3.05, 3.63) is 56.4 Å². The van der Waals surface area contributed by atoms with Gasteiger partial charge in [0.15, 0.2) is 0 Å². The molecule has 0 spiro atoms. The third kappa shape index (κ3) is 3.98. The first kappa shape index (κ1) is 25.0. The lowest BCUT2D eigenvalue weighted by Gasteiger charge is -2.75. The Bertz CT molecular complexity index is 1130. The summed E-state index contributed by atoms with van der Waals surface area (Å²) in [6.07, 6.45) is 4.71. The molecule has 0 saturated heterocycles. The highest BCUT2D eigenvalue weighted by atomic mass is 35.5. The molecule has 0 aliphatic heterocycles. The molecule has 1 unspecified atom stereocenters. The van der Waals surface area contributed by atoms with Crippen molar-refractivity contribution < 1.29 is 4.79 Å². The number of carbonyl (C=O) groups is 1. The Hall–Kier alpha value is -2.61. The number of anilines is 1. The molecule has 2 aliphatic rings. The maximum Gasteiger partial charge on any atom is 0.286 e. The van der Waals surface area contributed by atoms with Gasteiger partial charge in [-0.2, -0.15) is 0 Å². The Morgan fingerprint density at radius 1 is 1.24 bits per heavy atom. The number of hydrogen-bond donors (Lipinski definition) is 3. The minimum Gasteiger partial charge on any atom is -0.377 e. The average Bonchev–Trinajstić information content (AvgIpc) is 2.77. The highest BCUT2D eigenvalue weighted by molar-refractivity contribution is 5.85. The molecular formula is C24H34ClN5O3. The van der Waals surface area contributed by atoms with Crippen molar-refractivity contribution in [1.29, 1.82) is 0 Å². The summed E-state index contributed by atoms with van der Waals surface area (Å²) in [6, 6.07) is 3.78. The van der Waals surface area contributed by atoms with Gasteiger partial charge < -0.3 is 10.6 Å². The smallest absolute Gasteiger partial charge is 0.286 e. The Morgan fingerprint density at radius 3 is 2.52 bits per heavy atom. The van der Waals surface area contributed by atoms with Crippen LogP contribution in [-0.2, 0) is 24.3 Å². The third-order valence-electron chi connectivity index (χ3n) is 8.40. The van der Waals surface area contributed by atoms with Crippen molar-refractivity contribution in [2.75, 3.05) is 5.32 Å². The summed E-state index contributed by atoms with van der Waals surface area (Å²) in [5.74, 6) is 0.804. The number of fused-ring (bicyclic) bond motifs is 1. The van der Waals surface area contributed by atoms with Gasteiger partial charge in [0, 0.05) is 30.5 Å². The lowest BCUT2D eigenvalue weighted by Crippen LogP contribution is -2.74. The Labute approximate surface area is 200 Å². The molecule has 33 heavy (non-hydrogen) atoms. The van der Waals surface area contributed by atoms with E-state index in [0.29, 0.717) is 41.5 Å². The Morgan fingerprint density at radius 2 is 1.91 bits per heavy atom. The van der Waals surface area contributed by atoms with E-state index in [4.69, 9.17) is 0 Å². The van der Waals surface area contributed by atoms with Crippen LogP contribution in [0, 0.1) is 22.7 Å². The molecule has 2 saturated carbocycles. The summed E-state index contributed by atoms with van der Waals surface area (Å²) in [4.78, 5) is 42.3. The molecule has 9 heteroatoms. The highest BCUT2D eigenvalue weighted by Gasteiger charge is 2.71. The highest BCUT2D eigenvalue weighted by Crippen LogP contribution is 2.73. The fourth-order valence-corrected chi connectivity index (χ4v) is 6.06. The fourth-order valence-electron chi connectivity index (χ4n) is 6.06. The van der Waals surface area contributed by atoms with Gasteiger partial charge in [0.1, 0.15) is 12.2 Å². The van der Waals surface area contributed by atoms with Crippen LogP contribution in [-0.4, -0.2) is 26.7 Å². The standard InChI is InChI=1S/C24H33N5O3.ClH/c1-6-16-20(27-18-11-17-23(3,4)14(2)24(17,18)5)21(31)28-29(22(16)32)13-19(30)26-12-15-7-9-25-10-8-15;/h7-10,14,17-18,27H,6,11-13H2,1-5H3,(H,26,30)(H,28,31);1H/t14-,17-,18+,24?;/m0./s1. The van der Waals surface area contributed by atoms with Gasteiger partial charge in [-0.05, 0) is 53.2 Å². The number of hydrogen-bond acceptors (Lipinski definition) is 5. The Balaban J connectivity index is 0.00000306. The van der Waals surface area contributed by atoms with Crippen LogP contribution in [0.15, 0.2) is 34.1 Å². The van der Waals surface area contributed by atoms with Gasteiger partial charge in [0.25, 0.3) is 11.1 Å². The van der Waals surface area contributed by atoms with Crippen molar-refractivity contribution in [3.8, 4) is 0 Å². The number of pyridine rings is 1. The lowest BCUT2D eigenvalue weighted by molar-refractivity contribution is -0.240. The monoisotopic (exact) mass is 475 g/mol. The van der Waals surface area contributed by atoms with Gasteiger partial charge >= 0.3 is 0 Å². The summed E-state index contributed by atoms with van der Waals surface area (Å²) in [5, 5.41) is 8.78. The zero-order chi connectivity index (χ0) is 23.3. The van der Waals surface area contributed by atoms with Crippen LogP contribution >= 0.6 is 12.4 Å². The second-order valence-electron chi connectivity index (χ2n) is 10.1. The van der Waals surface area contributed by atoms with Gasteiger partial charge in [-0.1, -0.05) is 34.6 Å². The fraction of sp³-hybridized carbons (Fsp3) is 0.583. The van der Waals surface area contributed by atoms with Gasteiger partial charge in [0.2, 0.25) is 5.91 Å². The van der Waals surface area contributed by atoms with E-state index in [2.05, 4.69) is 48.4 Å². The van der Waals surface area contributed by atoms with E-state index in [1.807, 2.05) is 6.92 Å². The molecule has 4 rings (SSSR count). The van der Waals surface area contributed by atoms with E-state index < -0.39 is 0 Å². The summed E-state index contributed by atoms with van der Waals surface area (Å²) in [7, 11) is 0. The normalized spacial score (nSPS) is 26.8. The molecule has 180 valence electrons. The first-order valence-corrected chi connectivity index (χ1v) is 11.4. The number of H-pyrrole nitrogens is 1. The van der Waals surface area contributed by atoms with Crippen molar-refractivity contribution >= 4 is 24.0 Å². The van der Waals surface area contributed by atoms with Crippen molar-refractivity contribution in [1.82, 2.24) is 20.1 Å². The first-order chi connectivity index (χ1) is 15.1. The van der Waals surface area contributed by atoms with Crippen molar-refractivity contribution in [2.45, 2.75) is 66.6 Å². The molecular weight excluding hydrogens is 442 g/mol. The third-order valence-corrected chi connectivity index (χ3v) is 8.40. The molecule has 4 atom stereocenters. The number of carbonyl (C=O) groups excluding carboxylic acids is 1. The summed E-state index contributed by atoms with van der Waals surface area (Å²) < 4.78 is 1.11. The van der Waals surface area contributed by atoms with Crippen LogP contribution in [0.5, 0.6) is 0 Å². The predicted octanol–water partition coefficient (Wildman–Crippen LogP) is 2.71. The molecule has 2 aliphatic carbocycles. The van der Waals surface area contributed by atoms with Crippen LogP contribution in [0.25, 0.3) is 0 Å². The summed E-state index contributed by atoms with van der Waals surface area (Å²) in [5.41, 5.74) is 1.42. The largest absolute Gasteiger partial charge is 0.377 e. The number of nitrogens with one attached hydrogen (secondary N) is 3. The second-order valence-corrected chi connectivity index (χ2v) is 10.1. The van der Waals surface area contributed by atoms with Crippen molar-refractivity contribution in [2.24, 2.45) is 22.7 Å². The average molecular weight is 476 g/mol. The van der Waals surface area contributed by atoms with E-state index in [9.17, 15) is 14.4 Å². The van der Waals surface area contributed by atoms with Gasteiger partial charge in [-0.3, -0.25) is 24.5 Å².